The first-order valence-electron chi connectivity index (χ1n) is 10.4. The van der Waals surface area contributed by atoms with Crippen LogP contribution in [-0.2, 0) is 30.8 Å². The minimum atomic E-state index is -3.66. The maximum atomic E-state index is 12.4. The molecule has 174 valence electrons. The Hall–Kier alpha value is -3.30. The molecule has 0 saturated heterocycles. The van der Waals surface area contributed by atoms with Crippen LogP contribution in [0.25, 0.3) is 10.9 Å². The topological polar surface area (TPSA) is 106 Å². The Morgan fingerprint density at radius 2 is 1.79 bits per heavy atom. The predicted octanol–water partition coefficient (Wildman–Crippen LogP) is 3.22. The number of pyridine rings is 1. The standard InChI is InChI=1S/C24H27N3O5S/c1-16-13-20(33(30,31)27(3)4)14-22(17(16)2)26-23(28)15-32-24(29)12-11-19-10-9-18-7-5-6-8-21(18)25-19/h5-10,13-14H,11-12,15H2,1-4H3,(H,26,28). The van der Waals surface area contributed by atoms with E-state index in [9.17, 15) is 18.0 Å². The molecule has 0 saturated carbocycles. The molecule has 0 fully saturated rings. The van der Waals surface area contributed by atoms with Gasteiger partial charge in [-0.2, -0.15) is 0 Å². The van der Waals surface area contributed by atoms with Crippen molar-refractivity contribution in [1.82, 2.24) is 9.29 Å². The van der Waals surface area contributed by atoms with Crippen LogP contribution in [0.15, 0.2) is 53.4 Å². The van der Waals surface area contributed by atoms with Gasteiger partial charge in [-0.15, -0.1) is 0 Å². The summed E-state index contributed by atoms with van der Waals surface area (Å²) in [5, 5.41) is 3.66. The number of aryl methyl sites for hydroxylation is 2. The number of carbonyl (C=O) groups excluding carboxylic acids is 2. The number of benzene rings is 2. The van der Waals surface area contributed by atoms with Crippen molar-refractivity contribution in [2.45, 2.75) is 31.6 Å². The summed E-state index contributed by atoms with van der Waals surface area (Å²) >= 11 is 0. The zero-order chi connectivity index (χ0) is 24.2. The van der Waals surface area contributed by atoms with E-state index < -0.39 is 28.5 Å². The van der Waals surface area contributed by atoms with Gasteiger partial charge >= 0.3 is 5.97 Å². The lowest BCUT2D eigenvalue weighted by molar-refractivity contribution is -0.147. The van der Waals surface area contributed by atoms with Crippen molar-refractivity contribution in [2.75, 3.05) is 26.0 Å². The first-order chi connectivity index (χ1) is 15.6. The average Bonchev–Trinajstić information content (AvgIpc) is 2.78. The van der Waals surface area contributed by atoms with E-state index in [0.29, 0.717) is 17.7 Å². The van der Waals surface area contributed by atoms with Crippen molar-refractivity contribution in [3.63, 3.8) is 0 Å². The molecule has 8 nitrogen and oxygen atoms in total. The molecule has 1 heterocycles. The molecule has 1 amide bonds. The van der Waals surface area contributed by atoms with E-state index in [1.54, 1.807) is 19.9 Å². The number of nitrogens with zero attached hydrogens (tertiary/aromatic N) is 2. The van der Waals surface area contributed by atoms with Gasteiger partial charge in [0.15, 0.2) is 6.61 Å². The van der Waals surface area contributed by atoms with Crippen LogP contribution < -0.4 is 5.32 Å². The second-order valence-electron chi connectivity index (χ2n) is 7.90. The number of sulfonamides is 1. The number of anilines is 1. The van der Waals surface area contributed by atoms with Gasteiger partial charge in [0.1, 0.15) is 0 Å². The van der Waals surface area contributed by atoms with E-state index in [-0.39, 0.29) is 11.3 Å². The summed E-state index contributed by atoms with van der Waals surface area (Å²) in [6.07, 6.45) is 0.487. The van der Waals surface area contributed by atoms with Gasteiger partial charge in [-0.25, -0.2) is 12.7 Å². The Labute approximate surface area is 193 Å². The number of carbonyl (C=O) groups is 2. The molecule has 0 bridgehead atoms. The Morgan fingerprint density at radius 3 is 2.52 bits per heavy atom. The van der Waals surface area contributed by atoms with Crippen molar-refractivity contribution in [2.24, 2.45) is 0 Å². The van der Waals surface area contributed by atoms with Crippen LogP contribution in [0.5, 0.6) is 0 Å². The van der Waals surface area contributed by atoms with E-state index in [1.165, 1.54) is 20.2 Å². The third kappa shape index (κ3) is 5.94. The molecule has 1 aromatic heterocycles. The van der Waals surface area contributed by atoms with Crippen molar-refractivity contribution < 1.29 is 22.7 Å². The molecular formula is C24H27N3O5S. The molecule has 0 spiro atoms. The molecule has 0 radical (unpaired) electrons. The normalized spacial score (nSPS) is 11.5. The minimum Gasteiger partial charge on any atom is -0.456 e. The summed E-state index contributed by atoms with van der Waals surface area (Å²) in [4.78, 5) is 29.0. The zero-order valence-electron chi connectivity index (χ0n) is 19.1. The number of hydrogen-bond acceptors (Lipinski definition) is 6. The van der Waals surface area contributed by atoms with Gasteiger partial charge < -0.3 is 10.1 Å². The molecular weight excluding hydrogens is 442 g/mol. The summed E-state index contributed by atoms with van der Waals surface area (Å²) in [5.41, 5.74) is 3.42. The first kappa shape index (κ1) is 24.3. The van der Waals surface area contributed by atoms with Gasteiger partial charge in [0.25, 0.3) is 5.91 Å². The third-order valence-corrected chi connectivity index (χ3v) is 7.09. The predicted molar refractivity (Wildman–Crippen MR) is 126 cm³/mol. The molecule has 0 atom stereocenters. The largest absolute Gasteiger partial charge is 0.456 e. The van der Waals surface area contributed by atoms with Gasteiger partial charge in [-0.05, 0) is 49.2 Å². The number of aromatic nitrogens is 1. The number of para-hydroxylation sites is 1. The Balaban J connectivity index is 1.57. The lowest BCUT2D eigenvalue weighted by Gasteiger charge is -2.16. The number of esters is 1. The summed E-state index contributed by atoms with van der Waals surface area (Å²) in [7, 11) is -0.777. The fourth-order valence-corrected chi connectivity index (χ4v) is 4.21. The lowest BCUT2D eigenvalue weighted by Crippen LogP contribution is -2.24. The molecule has 0 aliphatic carbocycles. The van der Waals surface area contributed by atoms with E-state index >= 15 is 0 Å². The molecule has 0 aliphatic heterocycles. The number of rotatable bonds is 8. The number of hydrogen-bond donors (Lipinski definition) is 1. The van der Waals surface area contributed by atoms with Crippen LogP contribution >= 0.6 is 0 Å². The first-order valence-corrected chi connectivity index (χ1v) is 11.9. The molecule has 0 aliphatic rings. The van der Waals surface area contributed by atoms with Crippen LogP contribution in [0.3, 0.4) is 0 Å². The van der Waals surface area contributed by atoms with E-state index in [2.05, 4.69) is 10.3 Å². The quantitative estimate of drug-likeness (QED) is 0.508. The number of amides is 1. The maximum Gasteiger partial charge on any atom is 0.306 e. The van der Waals surface area contributed by atoms with Gasteiger partial charge in [0.2, 0.25) is 10.0 Å². The maximum absolute atomic E-state index is 12.4. The molecule has 1 N–H and O–H groups in total. The van der Waals surface area contributed by atoms with Gasteiger partial charge in [-0.3, -0.25) is 14.6 Å². The zero-order valence-corrected chi connectivity index (χ0v) is 19.9. The smallest absolute Gasteiger partial charge is 0.306 e. The van der Waals surface area contributed by atoms with E-state index in [4.69, 9.17) is 4.74 Å². The van der Waals surface area contributed by atoms with Gasteiger partial charge in [0.05, 0.1) is 16.8 Å². The summed E-state index contributed by atoms with van der Waals surface area (Å²) in [6, 6.07) is 14.5. The molecule has 33 heavy (non-hydrogen) atoms. The average molecular weight is 470 g/mol. The van der Waals surface area contributed by atoms with Gasteiger partial charge in [0, 0.05) is 37.3 Å². The summed E-state index contributed by atoms with van der Waals surface area (Å²) in [6.45, 7) is 3.08. The fourth-order valence-electron chi connectivity index (χ4n) is 3.20. The van der Waals surface area contributed by atoms with Crippen LogP contribution in [0.4, 0.5) is 5.69 Å². The monoisotopic (exact) mass is 469 g/mol. The van der Waals surface area contributed by atoms with E-state index in [0.717, 1.165) is 26.5 Å². The highest BCUT2D eigenvalue weighted by molar-refractivity contribution is 7.89. The SMILES string of the molecule is Cc1cc(S(=O)(=O)N(C)C)cc(NC(=O)COC(=O)CCc2ccc3ccccc3n2)c1C. The van der Waals surface area contributed by atoms with Gasteiger partial charge in [-0.1, -0.05) is 24.3 Å². The van der Waals surface area contributed by atoms with Crippen molar-refractivity contribution in [3.8, 4) is 0 Å². The second kappa shape index (κ2) is 10.1. The van der Waals surface area contributed by atoms with Crippen LogP contribution in [0.1, 0.15) is 23.2 Å². The van der Waals surface area contributed by atoms with E-state index in [1.807, 2.05) is 36.4 Å². The minimum absolute atomic E-state index is 0.0748. The van der Waals surface area contributed by atoms with Crippen molar-refractivity contribution in [1.29, 1.82) is 0 Å². The molecule has 3 rings (SSSR count). The molecule has 3 aromatic rings. The number of fused-ring (bicyclic) bond motifs is 1. The van der Waals surface area contributed by atoms with Crippen LogP contribution in [-0.4, -0.2) is 50.3 Å². The van der Waals surface area contributed by atoms with Crippen LogP contribution in [0, 0.1) is 13.8 Å². The molecule has 9 heteroatoms. The van der Waals surface area contributed by atoms with Crippen LogP contribution in [0.2, 0.25) is 0 Å². The summed E-state index contributed by atoms with van der Waals surface area (Å²) in [5.74, 6) is -1.06. The van der Waals surface area contributed by atoms with Crippen molar-refractivity contribution in [3.05, 3.63) is 65.4 Å². The second-order valence-corrected chi connectivity index (χ2v) is 10.1. The number of nitrogens with one attached hydrogen (secondary N) is 1. The fraction of sp³-hybridized carbons (Fsp3) is 0.292. The third-order valence-electron chi connectivity index (χ3n) is 5.30. The highest BCUT2D eigenvalue weighted by Crippen LogP contribution is 2.25. The van der Waals surface area contributed by atoms with Crippen molar-refractivity contribution >= 4 is 38.5 Å². The lowest BCUT2D eigenvalue weighted by atomic mass is 10.1. The highest BCUT2D eigenvalue weighted by Gasteiger charge is 2.20. The number of ether oxygens (including phenoxy) is 1. The Kier molecular flexibility index (Phi) is 7.45. The Bertz CT molecular complexity index is 1300. The molecule has 2 aromatic carbocycles. The highest BCUT2D eigenvalue weighted by atomic mass is 32.2. The Morgan fingerprint density at radius 1 is 1.06 bits per heavy atom. The summed E-state index contributed by atoms with van der Waals surface area (Å²) < 4.78 is 31.1. The molecule has 0 unspecified atom stereocenters.